The van der Waals surface area contributed by atoms with E-state index in [1.54, 1.807) is 18.2 Å². The Bertz CT molecular complexity index is 567. The molecule has 1 saturated heterocycles. The van der Waals surface area contributed by atoms with Crippen molar-refractivity contribution >= 4 is 18.3 Å². The Morgan fingerprint density at radius 1 is 1.29 bits per heavy atom. The molecule has 21 heavy (non-hydrogen) atoms. The van der Waals surface area contributed by atoms with Crippen molar-refractivity contribution < 1.29 is 14.2 Å². The van der Waals surface area contributed by atoms with Gasteiger partial charge in [-0.2, -0.15) is 0 Å². The van der Waals surface area contributed by atoms with Crippen molar-refractivity contribution in [3.05, 3.63) is 46.5 Å². The Morgan fingerprint density at radius 2 is 1.86 bits per heavy atom. The number of nitro benzene ring substituents is 1. The monoisotopic (exact) mass is 289 g/mol. The maximum Gasteiger partial charge on any atom is 0.495 e. The highest BCUT2D eigenvalue weighted by molar-refractivity contribution is 6.62. The fraction of sp³-hybridized carbons (Fsp3) is 0.467. The summed E-state index contributed by atoms with van der Waals surface area (Å²) in [6.07, 6.45) is 2.24. The van der Waals surface area contributed by atoms with Gasteiger partial charge in [-0.3, -0.25) is 10.1 Å². The molecule has 0 N–H and O–H groups in total. The average molecular weight is 289 g/mol. The van der Waals surface area contributed by atoms with Crippen LogP contribution in [0.25, 0.3) is 0 Å². The Balaban J connectivity index is 2.40. The van der Waals surface area contributed by atoms with E-state index >= 15 is 0 Å². The van der Waals surface area contributed by atoms with Crippen molar-refractivity contribution in [1.29, 1.82) is 0 Å². The molecular weight excluding hydrogens is 269 g/mol. The standard InChI is InChI=1S/C15H20BNO4/c1-6-7-11-10-12(17(18)19)8-9-13(11)16-20-14(2,3)15(4,5)21-16/h6,8-10H,1,7H2,2-5H3. The van der Waals surface area contributed by atoms with Crippen LogP contribution in [0.15, 0.2) is 30.9 Å². The Hall–Kier alpha value is -1.66. The minimum absolute atomic E-state index is 0.0621. The number of hydrogen-bond donors (Lipinski definition) is 0. The first kappa shape index (κ1) is 15.7. The second kappa shape index (κ2) is 5.28. The van der Waals surface area contributed by atoms with E-state index in [1.165, 1.54) is 6.07 Å². The summed E-state index contributed by atoms with van der Waals surface area (Å²) in [5.41, 5.74) is 0.805. The van der Waals surface area contributed by atoms with Crippen LogP contribution in [0.4, 0.5) is 5.69 Å². The third kappa shape index (κ3) is 2.87. The Labute approximate surface area is 125 Å². The smallest absolute Gasteiger partial charge is 0.399 e. The van der Waals surface area contributed by atoms with Gasteiger partial charge in [-0.1, -0.05) is 12.1 Å². The lowest BCUT2D eigenvalue weighted by molar-refractivity contribution is -0.384. The lowest BCUT2D eigenvalue weighted by Crippen LogP contribution is -2.41. The molecule has 1 aliphatic rings. The fourth-order valence-corrected chi connectivity index (χ4v) is 2.24. The predicted molar refractivity (Wildman–Crippen MR) is 82.7 cm³/mol. The summed E-state index contributed by atoms with van der Waals surface area (Å²) >= 11 is 0. The van der Waals surface area contributed by atoms with Crippen LogP contribution < -0.4 is 5.46 Å². The van der Waals surface area contributed by atoms with Crippen molar-refractivity contribution in [2.75, 3.05) is 0 Å². The molecule has 0 aromatic heterocycles. The summed E-state index contributed by atoms with van der Waals surface area (Å²) in [5.74, 6) is 0. The van der Waals surface area contributed by atoms with Crippen LogP contribution in [0, 0.1) is 10.1 Å². The van der Waals surface area contributed by atoms with Crippen LogP contribution in [0.5, 0.6) is 0 Å². The second-order valence-corrected chi connectivity index (χ2v) is 6.22. The highest BCUT2D eigenvalue weighted by atomic mass is 16.7. The molecule has 1 aliphatic heterocycles. The van der Waals surface area contributed by atoms with Gasteiger partial charge in [-0.25, -0.2) is 0 Å². The van der Waals surface area contributed by atoms with Crippen molar-refractivity contribution in [3.8, 4) is 0 Å². The quantitative estimate of drug-likeness (QED) is 0.370. The van der Waals surface area contributed by atoms with Crippen molar-refractivity contribution in [2.45, 2.75) is 45.3 Å². The normalized spacial score (nSPS) is 19.5. The molecule has 2 rings (SSSR count). The number of allylic oxidation sites excluding steroid dienone is 1. The molecule has 0 radical (unpaired) electrons. The largest absolute Gasteiger partial charge is 0.495 e. The molecule has 0 bridgehead atoms. The number of benzene rings is 1. The van der Waals surface area contributed by atoms with Crippen molar-refractivity contribution in [3.63, 3.8) is 0 Å². The van der Waals surface area contributed by atoms with E-state index in [2.05, 4.69) is 6.58 Å². The molecule has 0 amide bonds. The molecule has 0 saturated carbocycles. The SMILES string of the molecule is C=CCc1cc([N+](=O)[O-])ccc1B1OC(C)(C)C(C)(C)O1. The van der Waals surface area contributed by atoms with Gasteiger partial charge in [-0.05, 0) is 45.1 Å². The molecule has 1 fully saturated rings. The lowest BCUT2D eigenvalue weighted by atomic mass is 9.75. The Morgan fingerprint density at radius 3 is 2.33 bits per heavy atom. The highest BCUT2D eigenvalue weighted by Gasteiger charge is 2.52. The molecule has 0 atom stereocenters. The van der Waals surface area contributed by atoms with E-state index in [-0.39, 0.29) is 5.69 Å². The molecule has 0 spiro atoms. The number of rotatable bonds is 4. The van der Waals surface area contributed by atoms with Gasteiger partial charge in [0.25, 0.3) is 5.69 Å². The van der Waals surface area contributed by atoms with E-state index in [9.17, 15) is 10.1 Å². The first-order chi connectivity index (χ1) is 9.68. The molecule has 5 nitrogen and oxygen atoms in total. The van der Waals surface area contributed by atoms with Crippen molar-refractivity contribution in [2.24, 2.45) is 0 Å². The zero-order valence-corrected chi connectivity index (χ0v) is 12.9. The zero-order chi connectivity index (χ0) is 15.8. The number of hydrogen-bond acceptors (Lipinski definition) is 4. The topological polar surface area (TPSA) is 61.6 Å². The number of non-ortho nitro benzene ring substituents is 1. The maximum atomic E-state index is 10.9. The number of nitro groups is 1. The predicted octanol–water partition coefficient (Wildman–Crippen LogP) is 2.62. The van der Waals surface area contributed by atoms with Gasteiger partial charge in [0.15, 0.2) is 0 Å². The van der Waals surface area contributed by atoms with E-state index < -0.39 is 23.2 Å². The van der Waals surface area contributed by atoms with E-state index in [0.717, 1.165) is 11.0 Å². The summed E-state index contributed by atoms with van der Waals surface area (Å²) in [7, 11) is -0.522. The molecule has 0 unspecified atom stereocenters. The van der Waals surface area contributed by atoms with E-state index in [1.807, 2.05) is 27.7 Å². The maximum absolute atomic E-state index is 10.9. The Kier molecular flexibility index (Phi) is 3.95. The third-order valence-electron chi connectivity index (χ3n) is 4.21. The first-order valence-electron chi connectivity index (χ1n) is 6.92. The van der Waals surface area contributed by atoms with Gasteiger partial charge < -0.3 is 9.31 Å². The fourth-order valence-electron chi connectivity index (χ4n) is 2.24. The van der Waals surface area contributed by atoms with Gasteiger partial charge in [-0.15, -0.1) is 6.58 Å². The molecule has 6 heteroatoms. The van der Waals surface area contributed by atoms with Crippen LogP contribution >= 0.6 is 0 Å². The number of nitrogens with zero attached hydrogens (tertiary/aromatic N) is 1. The molecular formula is C15H20BNO4. The minimum atomic E-state index is -0.522. The van der Waals surface area contributed by atoms with Crippen LogP contribution in [-0.2, 0) is 15.7 Å². The minimum Gasteiger partial charge on any atom is -0.399 e. The van der Waals surface area contributed by atoms with Gasteiger partial charge in [0.2, 0.25) is 0 Å². The van der Waals surface area contributed by atoms with Crippen LogP contribution in [0.3, 0.4) is 0 Å². The third-order valence-corrected chi connectivity index (χ3v) is 4.21. The summed E-state index contributed by atoms with van der Waals surface area (Å²) in [6, 6.07) is 4.74. The molecule has 1 heterocycles. The zero-order valence-electron chi connectivity index (χ0n) is 12.9. The average Bonchev–Trinajstić information content (AvgIpc) is 2.58. The van der Waals surface area contributed by atoms with Gasteiger partial charge >= 0.3 is 7.12 Å². The van der Waals surface area contributed by atoms with Gasteiger partial charge in [0.1, 0.15) is 0 Å². The molecule has 1 aromatic rings. The van der Waals surface area contributed by atoms with Gasteiger partial charge in [0, 0.05) is 12.1 Å². The van der Waals surface area contributed by atoms with Crippen molar-refractivity contribution in [1.82, 2.24) is 0 Å². The summed E-state index contributed by atoms with van der Waals surface area (Å²) < 4.78 is 12.0. The lowest BCUT2D eigenvalue weighted by Gasteiger charge is -2.32. The van der Waals surface area contributed by atoms with Crippen LogP contribution in [0.2, 0.25) is 0 Å². The summed E-state index contributed by atoms with van der Waals surface area (Å²) in [6.45, 7) is 11.6. The second-order valence-electron chi connectivity index (χ2n) is 6.22. The molecule has 1 aromatic carbocycles. The molecule has 112 valence electrons. The van der Waals surface area contributed by atoms with Crippen LogP contribution in [-0.4, -0.2) is 23.2 Å². The summed E-state index contributed by atoms with van der Waals surface area (Å²) in [4.78, 5) is 10.5. The van der Waals surface area contributed by atoms with E-state index in [4.69, 9.17) is 9.31 Å². The first-order valence-corrected chi connectivity index (χ1v) is 6.92. The molecule has 0 aliphatic carbocycles. The summed E-state index contributed by atoms with van der Waals surface area (Å²) in [5, 5.41) is 10.9. The van der Waals surface area contributed by atoms with E-state index in [0.29, 0.717) is 6.42 Å². The van der Waals surface area contributed by atoms with Gasteiger partial charge in [0.05, 0.1) is 16.1 Å². The highest BCUT2D eigenvalue weighted by Crippen LogP contribution is 2.36. The van der Waals surface area contributed by atoms with Crippen LogP contribution in [0.1, 0.15) is 33.3 Å².